The molecule has 0 bridgehead atoms. The van der Waals surface area contributed by atoms with Gasteiger partial charge in [0, 0.05) is 13.1 Å². The van der Waals surface area contributed by atoms with E-state index in [9.17, 15) is 4.79 Å². The first-order chi connectivity index (χ1) is 10.8. The van der Waals surface area contributed by atoms with Crippen molar-refractivity contribution in [3.63, 3.8) is 0 Å². The van der Waals surface area contributed by atoms with Gasteiger partial charge in [-0.25, -0.2) is 0 Å². The highest BCUT2D eigenvalue weighted by Gasteiger charge is 2.20. The third kappa shape index (κ3) is 7.39. The molecule has 24 heavy (non-hydrogen) atoms. The largest absolute Gasteiger partial charge is 0.351 e. The van der Waals surface area contributed by atoms with Gasteiger partial charge in [0.1, 0.15) is 0 Å². The molecule has 2 N–H and O–H groups in total. The molecule has 0 aromatic heterocycles. The maximum absolute atomic E-state index is 11.8. The van der Waals surface area contributed by atoms with E-state index in [1.54, 1.807) is 0 Å². The van der Waals surface area contributed by atoms with Gasteiger partial charge in [-0.2, -0.15) is 0 Å². The van der Waals surface area contributed by atoms with E-state index in [4.69, 9.17) is 0 Å². The lowest BCUT2D eigenvalue weighted by Crippen LogP contribution is -2.34. The predicted octanol–water partition coefficient (Wildman–Crippen LogP) is 2.74. The van der Waals surface area contributed by atoms with Crippen molar-refractivity contribution >= 4 is 30.7 Å². The molecule has 0 radical (unpaired) electrons. The highest BCUT2D eigenvalue weighted by molar-refractivity contribution is 5.85. The quantitative estimate of drug-likeness (QED) is 0.736. The fraction of sp³-hybridized carbons (Fsp3) is 0.611. The Balaban J connectivity index is 0.00000144. The van der Waals surface area contributed by atoms with Gasteiger partial charge in [-0.05, 0) is 62.4 Å². The Labute approximate surface area is 157 Å². The summed E-state index contributed by atoms with van der Waals surface area (Å²) < 4.78 is 0. The van der Waals surface area contributed by atoms with E-state index < -0.39 is 0 Å². The van der Waals surface area contributed by atoms with Crippen molar-refractivity contribution in [2.24, 2.45) is 5.92 Å². The molecule has 6 heteroatoms. The molecule has 136 valence electrons. The number of hydrogen-bond acceptors (Lipinski definition) is 3. The van der Waals surface area contributed by atoms with Crippen molar-refractivity contribution in [2.45, 2.75) is 38.8 Å². The molecule has 1 amide bonds. The van der Waals surface area contributed by atoms with Crippen molar-refractivity contribution in [1.82, 2.24) is 15.5 Å². The van der Waals surface area contributed by atoms with Crippen LogP contribution in [0.3, 0.4) is 0 Å². The Morgan fingerprint density at radius 1 is 1.12 bits per heavy atom. The third-order valence-corrected chi connectivity index (χ3v) is 4.50. The topological polar surface area (TPSA) is 44.4 Å². The molecule has 1 heterocycles. The second kappa shape index (κ2) is 10.9. The van der Waals surface area contributed by atoms with Crippen LogP contribution in [-0.4, -0.2) is 37.0 Å². The minimum atomic E-state index is 0. The minimum Gasteiger partial charge on any atom is -0.351 e. The number of carbonyl (C=O) groups is 1. The van der Waals surface area contributed by atoms with Gasteiger partial charge in [0.2, 0.25) is 5.91 Å². The second-order valence-electron chi connectivity index (χ2n) is 6.65. The van der Waals surface area contributed by atoms with Crippen LogP contribution in [0.4, 0.5) is 0 Å². The Morgan fingerprint density at radius 3 is 2.54 bits per heavy atom. The fourth-order valence-corrected chi connectivity index (χ4v) is 3.01. The van der Waals surface area contributed by atoms with Crippen molar-refractivity contribution in [3.8, 4) is 0 Å². The molecule has 0 unspecified atom stereocenters. The Morgan fingerprint density at radius 2 is 1.83 bits per heavy atom. The molecule has 3 rings (SSSR count). The summed E-state index contributed by atoms with van der Waals surface area (Å²) in [6.07, 6.45) is 5.28. The molecule has 2 aliphatic rings. The van der Waals surface area contributed by atoms with Crippen molar-refractivity contribution in [3.05, 3.63) is 35.4 Å². The van der Waals surface area contributed by atoms with E-state index in [2.05, 4.69) is 39.8 Å². The van der Waals surface area contributed by atoms with Crippen LogP contribution >= 0.6 is 24.8 Å². The standard InChI is InChI=1S/C18H27N3O.2ClH/c22-18(13-19-11-15-6-7-15)20-12-16-4-3-5-17(10-16)14-21-8-1-2-9-21;;/h3-5,10,15,19H,1-2,6-9,11-14H2,(H,20,22);2*1H. The molecule has 1 aromatic rings. The Bertz CT molecular complexity index is 503. The zero-order valence-electron chi connectivity index (χ0n) is 14.1. The molecule has 1 saturated carbocycles. The van der Waals surface area contributed by atoms with Gasteiger partial charge in [-0.15, -0.1) is 24.8 Å². The van der Waals surface area contributed by atoms with Crippen LogP contribution in [0.2, 0.25) is 0 Å². The number of nitrogens with zero attached hydrogens (tertiary/aromatic N) is 1. The second-order valence-corrected chi connectivity index (χ2v) is 6.65. The monoisotopic (exact) mass is 373 g/mol. The Kier molecular flexibility index (Phi) is 9.67. The zero-order chi connectivity index (χ0) is 15.2. The smallest absolute Gasteiger partial charge is 0.234 e. The number of rotatable bonds is 8. The number of halogens is 2. The van der Waals surface area contributed by atoms with E-state index in [0.29, 0.717) is 13.1 Å². The van der Waals surface area contributed by atoms with Gasteiger partial charge in [0.25, 0.3) is 0 Å². The predicted molar refractivity (Wildman–Crippen MR) is 103 cm³/mol. The molecule has 0 spiro atoms. The highest BCUT2D eigenvalue weighted by atomic mass is 35.5. The summed E-state index contributed by atoms with van der Waals surface area (Å²) in [7, 11) is 0. The van der Waals surface area contributed by atoms with Gasteiger partial charge in [-0.1, -0.05) is 24.3 Å². The van der Waals surface area contributed by atoms with E-state index in [-0.39, 0.29) is 30.7 Å². The van der Waals surface area contributed by atoms with Gasteiger partial charge < -0.3 is 10.6 Å². The number of likely N-dealkylation sites (tertiary alicyclic amines) is 1. The first kappa shape index (κ1) is 21.2. The van der Waals surface area contributed by atoms with Crippen molar-refractivity contribution in [1.29, 1.82) is 0 Å². The first-order valence-corrected chi connectivity index (χ1v) is 8.57. The average molecular weight is 374 g/mol. The Hall–Kier alpha value is -0.810. The van der Waals surface area contributed by atoms with Gasteiger partial charge in [0.15, 0.2) is 0 Å². The maximum Gasteiger partial charge on any atom is 0.234 e. The highest BCUT2D eigenvalue weighted by Crippen LogP contribution is 2.27. The molecule has 1 aliphatic heterocycles. The molecular formula is C18H29Cl2N3O. The van der Waals surface area contributed by atoms with Gasteiger partial charge >= 0.3 is 0 Å². The van der Waals surface area contributed by atoms with E-state index in [1.807, 2.05) is 0 Å². The first-order valence-electron chi connectivity index (χ1n) is 8.57. The van der Waals surface area contributed by atoms with E-state index in [1.165, 1.54) is 49.9 Å². The van der Waals surface area contributed by atoms with Crippen LogP contribution in [-0.2, 0) is 17.9 Å². The number of nitrogens with one attached hydrogen (secondary N) is 2. The summed E-state index contributed by atoms with van der Waals surface area (Å²) in [5.41, 5.74) is 2.53. The zero-order valence-corrected chi connectivity index (χ0v) is 15.8. The van der Waals surface area contributed by atoms with Crippen LogP contribution in [0, 0.1) is 5.92 Å². The summed E-state index contributed by atoms with van der Waals surface area (Å²) >= 11 is 0. The van der Waals surface area contributed by atoms with Crippen LogP contribution in [0.15, 0.2) is 24.3 Å². The molecule has 0 atom stereocenters. The SMILES string of the molecule is Cl.Cl.O=C(CNCC1CC1)NCc1cccc(CN2CCCC2)c1. The van der Waals surface area contributed by atoms with Crippen molar-refractivity contribution in [2.75, 3.05) is 26.2 Å². The van der Waals surface area contributed by atoms with E-state index in [0.717, 1.165) is 19.0 Å². The summed E-state index contributed by atoms with van der Waals surface area (Å²) in [5, 5.41) is 6.22. The molecule has 1 aliphatic carbocycles. The number of amides is 1. The number of carbonyl (C=O) groups excluding carboxylic acids is 1. The third-order valence-electron chi connectivity index (χ3n) is 4.50. The van der Waals surface area contributed by atoms with Crippen LogP contribution < -0.4 is 10.6 Å². The lowest BCUT2D eigenvalue weighted by atomic mass is 10.1. The average Bonchev–Trinajstić information content (AvgIpc) is 3.21. The van der Waals surface area contributed by atoms with Crippen LogP contribution in [0.5, 0.6) is 0 Å². The van der Waals surface area contributed by atoms with Crippen LogP contribution in [0.25, 0.3) is 0 Å². The minimum absolute atomic E-state index is 0. The number of benzene rings is 1. The van der Waals surface area contributed by atoms with Crippen molar-refractivity contribution < 1.29 is 4.79 Å². The molecule has 1 saturated heterocycles. The lowest BCUT2D eigenvalue weighted by Gasteiger charge is -2.15. The lowest BCUT2D eigenvalue weighted by molar-refractivity contribution is -0.120. The van der Waals surface area contributed by atoms with Gasteiger partial charge in [-0.3, -0.25) is 9.69 Å². The van der Waals surface area contributed by atoms with Crippen LogP contribution in [0.1, 0.15) is 36.8 Å². The summed E-state index contributed by atoms with van der Waals surface area (Å²) in [4.78, 5) is 14.3. The molecular weight excluding hydrogens is 345 g/mol. The van der Waals surface area contributed by atoms with E-state index >= 15 is 0 Å². The summed E-state index contributed by atoms with van der Waals surface area (Å²) in [6.45, 7) is 5.51. The molecule has 2 fully saturated rings. The molecule has 1 aromatic carbocycles. The normalized spacial score (nSPS) is 17.0. The molecule has 4 nitrogen and oxygen atoms in total. The number of hydrogen-bond donors (Lipinski definition) is 2. The van der Waals surface area contributed by atoms with Gasteiger partial charge in [0.05, 0.1) is 6.54 Å². The summed E-state index contributed by atoms with van der Waals surface area (Å²) in [6, 6.07) is 8.58. The maximum atomic E-state index is 11.8. The summed E-state index contributed by atoms with van der Waals surface area (Å²) in [5.74, 6) is 0.903. The fourth-order valence-electron chi connectivity index (χ4n) is 3.01.